The lowest BCUT2D eigenvalue weighted by Gasteiger charge is -2.01. The van der Waals surface area contributed by atoms with Crippen LogP contribution < -0.4 is 5.43 Å². The van der Waals surface area contributed by atoms with E-state index in [1.165, 1.54) is 6.21 Å². The molecule has 102 valence electrons. The number of nitrogens with one attached hydrogen (secondary N) is 1. The molecule has 0 atom stereocenters. The first-order valence-corrected chi connectivity index (χ1v) is 6.67. The molecule has 2 aromatic rings. The summed E-state index contributed by atoms with van der Waals surface area (Å²) in [6.45, 7) is 1.96. The number of benzene rings is 2. The van der Waals surface area contributed by atoms with Gasteiger partial charge < -0.3 is 0 Å². The third-order valence-electron chi connectivity index (χ3n) is 2.66. The zero-order chi connectivity index (χ0) is 14.5. The van der Waals surface area contributed by atoms with E-state index >= 15 is 0 Å². The smallest absolute Gasteiger partial charge is 0.267 e. The minimum absolute atomic E-state index is 0.278. The number of halogens is 2. The van der Waals surface area contributed by atoms with E-state index < -0.39 is 0 Å². The van der Waals surface area contributed by atoms with Gasteiger partial charge in [0.1, 0.15) is 0 Å². The number of carbonyl (C=O) groups is 1. The Morgan fingerprint density at radius 2 is 1.85 bits per heavy atom. The van der Waals surface area contributed by atoms with Gasteiger partial charge in [-0.15, -0.1) is 0 Å². The van der Waals surface area contributed by atoms with Crippen molar-refractivity contribution >= 4 is 35.3 Å². The summed E-state index contributed by atoms with van der Waals surface area (Å²) in [6.07, 6.45) is 1.46. The van der Waals surface area contributed by atoms with Crippen LogP contribution in [0, 0.1) is 6.92 Å². The SMILES string of the molecule is Cc1ccc(C(=O)N/N=C\c2cccc(Cl)c2Cl)cc1. The molecular formula is C15H12Cl2N2O. The van der Waals surface area contributed by atoms with Crippen molar-refractivity contribution in [2.45, 2.75) is 6.92 Å². The van der Waals surface area contributed by atoms with E-state index in [4.69, 9.17) is 23.2 Å². The van der Waals surface area contributed by atoms with Gasteiger partial charge in [0.2, 0.25) is 0 Å². The Balaban J connectivity index is 2.04. The molecule has 2 aromatic carbocycles. The lowest BCUT2D eigenvalue weighted by Crippen LogP contribution is -2.17. The molecule has 0 unspecified atom stereocenters. The number of hydrogen-bond acceptors (Lipinski definition) is 2. The molecule has 0 aliphatic heterocycles. The maximum atomic E-state index is 11.8. The zero-order valence-corrected chi connectivity index (χ0v) is 12.2. The Bertz CT molecular complexity index is 651. The van der Waals surface area contributed by atoms with Crippen LogP contribution in [0.4, 0.5) is 0 Å². The molecule has 0 spiro atoms. The van der Waals surface area contributed by atoms with Crippen LogP contribution in [0.25, 0.3) is 0 Å². The van der Waals surface area contributed by atoms with Crippen molar-refractivity contribution in [3.05, 3.63) is 69.2 Å². The van der Waals surface area contributed by atoms with Crippen molar-refractivity contribution in [1.82, 2.24) is 5.43 Å². The summed E-state index contributed by atoms with van der Waals surface area (Å²) >= 11 is 11.9. The fourth-order valence-corrected chi connectivity index (χ4v) is 1.91. The van der Waals surface area contributed by atoms with E-state index in [0.717, 1.165) is 5.56 Å². The lowest BCUT2D eigenvalue weighted by atomic mass is 10.1. The van der Waals surface area contributed by atoms with E-state index in [1.807, 2.05) is 19.1 Å². The highest BCUT2D eigenvalue weighted by Crippen LogP contribution is 2.24. The Kier molecular flexibility index (Phi) is 4.77. The maximum Gasteiger partial charge on any atom is 0.271 e. The van der Waals surface area contributed by atoms with Gasteiger partial charge >= 0.3 is 0 Å². The molecule has 3 nitrogen and oxygen atoms in total. The molecule has 0 heterocycles. The van der Waals surface area contributed by atoms with Crippen molar-refractivity contribution in [3.8, 4) is 0 Å². The van der Waals surface area contributed by atoms with Crippen LogP contribution in [0.5, 0.6) is 0 Å². The molecule has 1 amide bonds. The van der Waals surface area contributed by atoms with Gasteiger partial charge in [-0.05, 0) is 25.1 Å². The summed E-state index contributed by atoms with van der Waals surface area (Å²) < 4.78 is 0. The predicted molar refractivity (Wildman–Crippen MR) is 82.7 cm³/mol. The molecule has 0 aliphatic rings. The van der Waals surface area contributed by atoms with E-state index in [-0.39, 0.29) is 5.91 Å². The maximum absolute atomic E-state index is 11.8. The second-order valence-electron chi connectivity index (χ2n) is 4.21. The van der Waals surface area contributed by atoms with Crippen LogP contribution in [0.3, 0.4) is 0 Å². The topological polar surface area (TPSA) is 41.5 Å². The number of rotatable bonds is 3. The van der Waals surface area contributed by atoms with E-state index in [2.05, 4.69) is 10.5 Å². The number of hydrogen-bond donors (Lipinski definition) is 1. The molecule has 5 heteroatoms. The van der Waals surface area contributed by atoms with E-state index in [1.54, 1.807) is 30.3 Å². The molecule has 2 rings (SSSR count). The Hall–Kier alpha value is -1.84. The van der Waals surface area contributed by atoms with Crippen molar-refractivity contribution in [2.24, 2.45) is 5.10 Å². The number of hydrazone groups is 1. The zero-order valence-electron chi connectivity index (χ0n) is 10.7. The van der Waals surface area contributed by atoms with Gasteiger partial charge in [0.15, 0.2) is 0 Å². The van der Waals surface area contributed by atoms with Gasteiger partial charge in [-0.2, -0.15) is 5.10 Å². The second-order valence-corrected chi connectivity index (χ2v) is 4.99. The molecule has 0 saturated carbocycles. The normalized spacial score (nSPS) is 10.8. The summed E-state index contributed by atoms with van der Waals surface area (Å²) in [7, 11) is 0. The third-order valence-corrected chi connectivity index (χ3v) is 3.50. The average Bonchev–Trinajstić information content (AvgIpc) is 2.44. The van der Waals surface area contributed by atoms with Crippen molar-refractivity contribution in [2.75, 3.05) is 0 Å². The largest absolute Gasteiger partial charge is 0.271 e. The van der Waals surface area contributed by atoms with Gasteiger partial charge in [0.25, 0.3) is 5.91 Å². The average molecular weight is 307 g/mol. The quantitative estimate of drug-likeness (QED) is 0.674. The Morgan fingerprint density at radius 1 is 1.15 bits per heavy atom. The van der Waals surface area contributed by atoms with Gasteiger partial charge in [0.05, 0.1) is 16.3 Å². The van der Waals surface area contributed by atoms with Crippen LogP contribution in [-0.4, -0.2) is 12.1 Å². The number of aryl methyl sites for hydroxylation is 1. The summed E-state index contributed by atoms with van der Waals surface area (Å²) in [6, 6.07) is 12.4. The molecule has 0 aliphatic carbocycles. The van der Waals surface area contributed by atoms with Crippen molar-refractivity contribution in [1.29, 1.82) is 0 Å². The highest BCUT2D eigenvalue weighted by atomic mass is 35.5. The highest BCUT2D eigenvalue weighted by molar-refractivity contribution is 6.43. The highest BCUT2D eigenvalue weighted by Gasteiger charge is 2.04. The number of carbonyl (C=O) groups excluding carboxylic acids is 1. The minimum atomic E-state index is -0.278. The van der Waals surface area contributed by atoms with Crippen LogP contribution in [-0.2, 0) is 0 Å². The number of nitrogens with zero attached hydrogens (tertiary/aromatic N) is 1. The minimum Gasteiger partial charge on any atom is -0.267 e. The molecule has 0 fully saturated rings. The van der Waals surface area contributed by atoms with Crippen LogP contribution >= 0.6 is 23.2 Å². The number of amides is 1. The molecule has 20 heavy (non-hydrogen) atoms. The van der Waals surface area contributed by atoms with Crippen LogP contribution in [0.2, 0.25) is 10.0 Å². The molecular weight excluding hydrogens is 295 g/mol. The third kappa shape index (κ3) is 3.59. The first-order chi connectivity index (χ1) is 9.58. The molecule has 0 bridgehead atoms. The summed E-state index contributed by atoms with van der Waals surface area (Å²) in [4.78, 5) is 11.8. The van der Waals surface area contributed by atoms with E-state index in [0.29, 0.717) is 21.2 Å². The van der Waals surface area contributed by atoms with Gasteiger partial charge in [0, 0.05) is 11.1 Å². The fraction of sp³-hybridized carbons (Fsp3) is 0.0667. The standard InChI is InChI=1S/C15H12Cl2N2O/c1-10-5-7-11(8-6-10)15(20)19-18-9-12-3-2-4-13(16)14(12)17/h2-9H,1H3,(H,19,20)/b18-9-. The first-order valence-electron chi connectivity index (χ1n) is 5.92. The molecule has 1 N–H and O–H groups in total. The summed E-state index contributed by atoms with van der Waals surface area (Å²) in [5.41, 5.74) is 4.72. The van der Waals surface area contributed by atoms with Gasteiger partial charge in [-0.3, -0.25) is 4.79 Å². The lowest BCUT2D eigenvalue weighted by molar-refractivity contribution is 0.0955. The second kappa shape index (κ2) is 6.55. The molecule has 0 aromatic heterocycles. The van der Waals surface area contributed by atoms with Gasteiger partial charge in [-0.25, -0.2) is 5.43 Å². The van der Waals surface area contributed by atoms with Gasteiger partial charge in [-0.1, -0.05) is 53.0 Å². The predicted octanol–water partition coefficient (Wildman–Crippen LogP) is 4.07. The van der Waals surface area contributed by atoms with Crippen LogP contribution in [0.1, 0.15) is 21.5 Å². The fourth-order valence-electron chi connectivity index (χ4n) is 1.55. The van der Waals surface area contributed by atoms with Crippen molar-refractivity contribution in [3.63, 3.8) is 0 Å². The van der Waals surface area contributed by atoms with E-state index in [9.17, 15) is 4.79 Å². The molecule has 0 saturated heterocycles. The monoisotopic (exact) mass is 306 g/mol. The Labute approximate surface area is 127 Å². The van der Waals surface area contributed by atoms with Crippen LogP contribution in [0.15, 0.2) is 47.6 Å². The summed E-state index contributed by atoms with van der Waals surface area (Å²) in [5, 5.41) is 4.72. The van der Waals surface area contributed by atoms with Crippen molar-refractivity contribution < 1.29 is 4.79 Å². The summed E-state index contributed by atoms with van der Waals surface area (Å²) in [5.74, 6) is -0.278. The first kappa shape index (κ1) is 14.6. The molecule has 0 radical (unpaired) electrons. The Morgan fingerprint density at radius 3 is 2.55 bits per heavy atom.